The summed E-state index contributed by atoms with van der Waals surface area (Å²) in [5, 5.41) is 3.58. The molecule has 1 saturated heterocycles. The number of amides is 1. The maximum Gasteiger partial charge on any atom is 0.233 e. The van der Waals surface area contributed by atoms with Crippen molar-refractivity contribution in [3.05, 3.63) is 59.6 Å². The van der Waals surface area contributed by atoms with Gasteiger partial charge in [-0.3, -0.25) is 9.69 Å². The molecule has 4 nitrogen and oxygen atoms in total. The summed E-state index contributed by atoms with van der Waals surface area (Å²) in [5.74, 6) is 0.0582. The van der Waals surface area contributed by atoms with Crippen molar-refractivity contribution in [1.82, 2.24) is 10.2 Å². The van der Waals surface area contributed by atoms with Gasteiger partial charge in [0.1, 0.15) is 0 Å². The number of carbonyl (C=O) groups excluding carboxylic acids is 1. The molecule has 1 atom stereocenters. The van der Waals surface area contributed by atoms with Crippen molar-refractivity contribution >= 4 is 35.0 Å². The van der Waals surface area contributed by atoms with Gasteiger partial charge in [-0.2, -0.15) is 0 Å². The fourth-order valence-electron chi connectivity index (χ4n) is 3.13. The second-order valence-electron chi connectivity index (χ2n) is 6.65. The van der Waals surface area contributed by atoms with Gasteiger partial charge in [0.15, 0.2) is 0 Å². The molecule has 27 heavy (non-hydrogen) atoms. The first kappa shape index (κ1) is 20.1. The van der Waals surface area contributed by atoms with Crippen molar-refractivity contribution in [2.24, 2.45) is 0 Å². The second-order valence-corrected chi connectivity index (χ2v) is 8.44. The predicted molar refractivity (Wildman–Crippen MR) is 115 cm³/mol. The molecule has 1 unspecified atom stereocenters. The summed E-state index contributed by atoms with van der Waals surface area (Å²) >= 11 is 7.67. The summed E-state index contributed by atoms with van der Waals surface area (Å²) < 4.78 is 0. The number of carbonyl (C=O) groups is 1. The lowest BCUT2D eigenvalue weighted by atomic mass is 10.2. The van der Waals surface area contributed by atoms with E-state index in [-0.39, 0.29) is 11.2 Å². The maximum atomic E-state index is 12.3. The molecule has 1 amide bonds. The molecule has 1 aliphatic rings. The van der Waals surface area contributed by atoms with Gasteiger partial charge >= 0.3 is 0 Å². The summed E-state index contributed by atoms with van der Waals surface area (Å²) in [6.07, 6.45) is 0. The lowest BCUT2D eigenvalue weighted by Gasteiger charge is -2.36. The van der Waals surface area contributed by atoms with Crippen LogP contribution >= 0.6 is 23.4 Å². The molecule has 0 radical (unpaired) electrons. The van der Waals surface area contributed by atoms with Gasteiger partial charge in [-0.05, 0) is 31.2 Å². The number of hydrogen-bond donors (Lipinski definition) is 1. The van der Waals surface area contributed by atoms with Gasteiger partial charge in [-0.1, -0.05) is 41.9 Å². The standard InChI is InChI=1S/C21H26ClN3OS/c1-17(27-20-10-6-5-9-19(20)22)21(26)23-11-12-24-13-15-25(16-14-24)18-7-3-2-4-8-18/h2-10,17H,11-16H2,1H3,(H,23,26). The number of para-hydroxylation sites is 1. The van der Waals surface area contributed by atoms with Gasteiger partial charge in [-0.15, -0.1) is 11.8 Å². The zero-order valence-corrected chi connectivity index (χ0v) is 17.2. The average Bonchev–Trinajstić information content (AvgIpc) is 2.71. The molecular formula is C21H26ClN3OS. The van der Waals surface area contributed by atoms with Crippen molar-refractivity contribution in [3.63, 3.8) is 0 Å². The first-order valence-electron chi connectivity index (χ1n) is 9.35. The Morgan fingerprint density at radius 1 is 1.07 bits per heavy atom. The largest absolute Gasteiger partial charge is 0.369 e. The van der Waals surface area contributed by atoms with Gasteiger partial charge in [0.05, 0.1) is 10.3 Å². The van der Waals surface area contributed by atoms with Gasteiger partial charge in [0.2, 0.25) is 5.91 Å². The molecule has 0 saturated carbocycles. The third-order valence-corrected chi connectivity index (χ3v) is 6.35. The summed E-state index contributed by atoms with van der Waals surface area (Å²) in [4.78, 5) is 18.1. The minimum atomic E-state index is -0.167. The Bertz CT molecular complexity index is 735. The molecular weight excluding hydrogens is 378 g/mol. The predicted octanol–water partition coefficient (Wildman–Crippen LogP) is 3.76. The number of hydrogen-bond acceptors (Lipinski definition) is 4. The molecule has 1 aliphatic heterocycles. The van der Waals surface area contributed by atoms with E-state index >= 15 is 0 Å². The van der Waals surface area contributed by atoms with Crippen LogP contribution in [0.1, 0.15) is 6.92 Å². The van der Waals surface area contributed by atoms with Gasteiger partial charge in [0, 0.05) is 49.9 Å². The number of halogens is 1. The van der Waals surface area contributed by atoms with Crippen LogP contribution in [-0.4, -0.2) is 55.3 Å². The zero-order valence-electron chi connectivity index (χ0n) is 15.6. The van der Waals surface area contributed by atoms with Crippen LogP contribution in [-0.2, 0) is 4.79 Å². The topological polar surface area (TPSA) is 35.6 Å². The zero-order chi connectivity index (χ0) is 19.1. The Balaban J connectivity index is 1.36. The molecule has 1 N–H and O–H groups in total. The van der Waals surface area contributed by atoms with Gasteiger partial charge < -0.3 is 10.2 Å². The smallest absolute Gasteiger partial charge is 0.233 e. The van der Waals surface area contributed by atoms with Crippen molar-refractivity contribution in [2.75, 3.05) is 44.2 Å². The van der Waals surface area contributed by atoms with Crippen LogP contribution in [0.2, 0.25) is 5.02 Å². The fraction of sp³-hybridized carbons (Fsp3) is 0.381. The van der Waals surface area contributed by atoms with E-state index in [0.29, 0.717) is 11.6 Å². The molecule has 144 valence electrons. The highest BCUT2D eigenvalue weighted by molar-refractivity contribution is 8.00. The Kier molecular flexibility index (Phi) is 7.44. The number of benzene rings is 2. The molecule has 2 aromatic carbocycles. The first-order chi connectivity index (χ1) is 13.1. The SMILES string of the molecule is CC(Sc1ccccc1Cl)C(=O)NCCN1CCN(c2ccccc2)CC1. The number of thioether (sulfide) groups is 1. The van der Waals surface area contributed by atoms with Crippen LogP contribution in [0.25, 0.3) is 0 Å². The van der Waals surface area contributed by atoms with Crippen molar-refractivity contribution in [3.8, 4) is 0 Å². The van der Waals surface area contributed by atoms with Gasteiger partial charge in [-0.25, -0.2) is 0 Å². The summed E-state index contributed by atoms with van der Waals surface area (Å²) in [5.41, 5.74) is 1.29. The lowest BCUT2D eigenvalue weighted by molar-refractivity contribution is -0.120. The van der Waals surface area contributed by atoms with Crippen LogP contribution in [0.15, 0.2) is 59.5 Å². The van der Waals surface area contributed by atoms with E-state index in [2.05, 4.69) is 39.4 Å². The number of nitrogens with one attached hydrogen (secondary N) is 1. The number of anilines is 1. The van der Waals surface area contributed by atoms with Crippen molar-refractivity contribution in [2.45, 2.75) is 17.1 Å². The Labute approximate surface area is 170 Å². The average molecular weight is 404 g/mol. The molecule has 0 spiro atoms. The minimum absolute atomic E-state index is 0.0582. The van der Waals surface area contributed by atoms with E-state index < -0.39 is 0 Å². The molecule has 3 rings (SSSR count). The van der Waals surface area contributed by atoms with E-state index in [0.717, 1.165) is 37.6 Å². The molecule has 0 bridgehead atoms. The van der Waals surface area contributed by atoms with E-state index in [1.54, 1.807) is 0 Å². The normalized spacial score (nSPS) is 16.1. The summed E-state index contributed by atoms with van der Waals surface area (Å²) in [6, 6.07) is 18.2. The van der Waals surface area contributed by atoms with E-state index in [9.17, 15) is 4.79 Å². The van der Waals surface area contributed by atoms with Crippen LogP contribution < -0.4 is 10.2 Å². The molecule has 6 heteroatoms. The maximum absolute atomic E-state index is 12.3. The highest BCUT2D eigenvalue weighted by atomic mass is 35.5. The second kappa shape index (κ2) is 10.0. The van der Waals surface area contributed by atoms with E-state index in [4.69, 9.17) is 11.6 Å². The monoisotopic (exact) mass is 403 g/mol. The molecule has 0 aromatic heterocycles. The van der Waals surface area contributed by atoms with E-state index in [1.807, 2.05) is 37.3 Å². The van der Waals surface area contributed by atoms with Crippen LogP contribution in [0.5, 0.6) is 0 Å². The Morgan fingerprint density at radius 2 is 1.74 bits per heavy atom. The molecule has 1 fully saturated rings. The van der Waals surface area contributed by atoms with E-state index in [1.165, 1.54) is 17.4 Å². The fourth-order valence-corrected chi connectivity index (χ4v) is 4.31. The highest BCUT2D eigenvalue weighted by Gasteiger charge is 2.18. The highest BCUT2D eigenvalue weighted by Crippen LogP contribution is 2.29. The van der Waals surface area contributed by atoms with Crippen molar-refractivity contribution in [1.29, 1.82) is 0 Å². The quantitative estimate of drug-likeness (QED) is 0.714. The van der Waals surface area contributed by atoms with Gasteiger partial charge in [0.25, 0.3) is 0 Å². The number of piperazine rings is 1. The summed E-state index contributed by atoms with van der Waals surface area (Å²) in [7, 11) is 0. The Hall–Kier alpha value is -1.69. The lowest BCUT2D eigenvalue weighted by Crippen LogP contribution is -2.48. The Morgan fingerprint density at radius 3 is 2.44 bits per heavy atom. The molecule has 1 heterocycles. The van der Waals surface area contributed by atoms with Crippen LogP contribution in [0, 0.1) is 0 Å². The number of rotatable bonds is 7. The summed E-state index contributed by atoms with van der Waals surface area (Å²) in [6.45, 7) is 7.58. The molecule has 2 aromatic rings. The number of nitrogens with zero attached hydrogens (tertiary/aromatic N) is 2. The first-order valence-corrected chi connectivity index (χ1v) is 10.6. The van der Waals surface area contributed by atoms with Crippen LogP contribution in [0.4, 0.5) is 5.69 Å². The van der Waals surface area contributed by atoms with Crippen LogP contribution in [0.3, 0.4) is 0 Å². The molecule has 0 aliphatic carbocycles. The third kappa shape index (κ3) is 5.89. The third-order valence-electron chi connectivity index (χ3n) is 4.73. The minimum Gasteiger partial charge on any atom is -0.369 e. The van der Waals surface area contributed by atoms with Crippen molar-refractivity contribution < 1.29 is 4.79 Å².